The summed E-state index contributed by atoms with van der Waals surface area (Å²) in [5, 5.41) is 31.4. The lowest BCUT2D eigenvalue weighted by Crippen LogP contribution is -2.37. The Labute approximate surface area is 183 Å². The molecule has 0 spiro atoms. The van der Waals surface area contributed by atoms with Gasteiger partial charge in [0.25, 0.3) is 5.91 Å². The van der Waals surface area contributed by atoms with Gasteiger partial charge in [-0.2, -0.15) is 0 Å². The number of nitrogens with zero attached hydrogens (tertiary/aromatic N) is 2. The molecule has 10 heteroatoms. The standard InChI is InChI=1S/C17H20N4OS.C4H4O4/c1-10-20-21-17(23-10)19-16(22)12-5-2-4-11(8-12)14-9-15(14)18-13-6-3-7-13;5-3(6)1-2-4(7)8/h2,4-5,8,13-15,18H,3,6-7,9H2,1H3,(H,19,21,22);1-2H,(H,5,6)(H,7,8)/b;2-1+/t14-,15+;/m0./s1. The van der Waals surface area contributed by atoms with Crippen LogP contribution in [0.25, 0.3) is 0 Å². The number of aromatic nitrogens is 2. The van der Waals surface area contributed by atoms with Crippen molar-refractivity contribution in [2.45, 2.75) is 50.6 Å². The largest absolute Gasteiger partial charge is 0.478 e. The molecule has 2 fully saturated rings. The molecule has 2 saturated carbocycles. The van der Waals surface area contributed by atoms with E-state index >= 15 is 0 Å². The van der Waals surface area contributed by atoms with Crippen molar-refractivity contribution >= 4 is 34.3 Å². The number of carbonyl (C=O) groups is 3. The van der Waals surface area contributed by atoms with Crippen LogP contribution in [0.3, 0.4) is 0 Å². The molecule has 2 aliphatic rings. The average molecular weight is 445 g/mol. The smallest absolute Gasteiger partial charge is 0.328 e. The highest BCUT2D eigenvalue weighted by molar-refractivity contribution is 7.15. The predicted octanol–water partition coefficient (Wildman–Crippen LogP) is 2.81. The van der Waals surface area contributed by atoms with Crippen LogP contribution < -0.4 is 10.6 Å². The van der Waals surface area contributed by atoms with Gasteiger partial charge in [0.15, 0.2) is 0 Å². The van der Waals surface area contributed by atoms with Gasteiger partial charge in [-0.25, -0.2) is 9.59 Å². The van der Waals surface area contributed by atoms with Gasteiger partial charge in [0.2, 0.25) is 5.13 Å². The minimum atomic E-state index is -1.26. The summed E-state index contributed by atoms with van der Waals surface area (Å²) < 4.78 is 0. The fraction of sp³-hybridized carbons (Fsp3) is 0.381. The van der Waals surface area contributed by atoms with Crippen LogP contribution in [0.4, 0.5) is 5.13 Å². The topological polar surface area (TPSA) is 142 Å². The van der Waals surface area contributed by atoms with Gasteiger partial charge in [0, 0.05) is 35.7 Å². The van der Waals surface area contributed by atoms with Crippen molar-refractivity contribution in [3.63, 3.8) is 0 Å². The van der Waals surface area contributed by atoms with Gasteiger partial charge in [-0.15, -0.1) is 10.2 Å². The lowest BCUT2D eigenvalue weighted by molar-refractivity contribution is -0.134. The number of carbonyl (C=O) groups excluding carboxylic acids is 1. The molecule has 1 aromatic carbocycles. The average Bonchev–Trinajstić information content (AvgIpc) is 3.36. The Bertz CT molecular complexity index is 970. The van der Waals surface area contributed by atoms with E-state index in [9.17, 15) is 14.4 Å². The van der Waals surface area contributed by atoms with E-state index in [-0.39, 0.29) is 5.91 Å². The zero-order valence-corrected chi connectivity index (χ0v) is 17.8. The maximum absolute atomic E-state index is 12.3. The Morgan fingerprint density at radius 2 is 1.84 bits per heavy atom. The minimum Gasteiger partial charge on any atom is -0.478 e. The van der Waals surface area contributed by atoms with Crippen molar-refractivity contribution in [1.82, 2.24) is 15.5 Å². The summed E-state index contributed by atoms with van der Waals surface area (Å²) in [6.07, 6.45) is 6.28. The molecular formula is C21H24N4O5S. The van der Waals surface area contributed by atoms with E-state index in [2.05, 4.69) is 26.9 Å². The molecule has 0 bridgehead atoms. The first-order valence-corrected chi connectivity index (χ1v) is 10.7. The number of carboxylic acid groups (broad SMARTS) is 2. The molecule has 1 amide bonds. The molecule has 31 heavy (non-hydrogen) atoms. The number of carboxylic acids is 2. The van der Waals surface area contributed by atoms with Crippen molar-refractivity contribution < 1.29 is 24.6 Å². The van der Waals surface area contributed by atoms with Crippen molar-refractivity contribution in [3.8, 4) is 0 Å². The van der Waals surface area contributed by atoms with Crippen LogP contribution >= 0.6 is 11.3 Å². The van der Waals surface area contributed by atoms with Gasteiger partial charge < -0.3 is 15.5 Å². The third kappa shape index (κ3) is 6.97. The fourth-order valence-corrected chi connectivity index (χ4v) is 3.78. The van der Waals surface area contributed by atoms with Crippen LogP contribution in [0.2, 0.25) is 0 Å². The van der Waals surface area contributed by atoms with Crippen molar-refractivity contribution in [3.05, 3.63) is 52.6 Å². The predicted molar refractivity (Wildman–Crippen MR) is 115 cm³/mol. The molecule has 164 valence electrons. The number of aryl methyl sites for hydroxylation is 1. The molecule has 1 heterocycles. The van der Waals surface area contributed by atoms with Gasteiger partial charge in [0.05, 0.1) is 0 Å². The number of hydrogen-bond acceptors (Lipinski definition) is 7. The highest BCUT2D eigenvalue weighted by atomic mass is 32.1. The van der Waals surface area contributed by atoms with E-state index in [4.69, 9.17) is 10.2 Å². The first-order chi connectivity index (χ1) is 14.8. The van der Waals surface area contributed by atoms with Crippen LogP contribution in [0.15, 0.2) is 36.4 Å². The fourth-order valence-electron chi connectivity index (χ4n) is 3.19. The van der Waals surface area contributed by atoms with E-state index < -0.39 is 11.9 Å². The zero-order valence-electron chi connectivity index (χ0n) is 16.9. The van der Waals surface area contributed by atoms with Crippen molar-refractivity contribution in [2.24, 2.45) is 0 Å². The van der Waals surface area contributed by atoms with Crippen LogP contribution in [-0.2, 0) is 9.59 Å². The van der Waals surface area contributed by atoms with Crippen LogP contribution in [0.1, 0.15) is 52.5 Å². The third-order valence-electron chi connectivity index (χ3n) is 5.04. The number of amides is 1. The Morgan fingerprint density at radius 1 is 1.13 bits per heavy atom. The molecule has 0 radical (unpaired) electrons. The lowest BCUT2D eigenvalue weighted by Gasteiger charge is -2.26. The van der Waals surface area contributed by atoms with Gasteiger partial charge in [-0.05, 0) is 43.9 Å². The van der Waals surface area contributed by atoms with E-state index in [0.29, 0.717) is 34.8 Å². The highest BCUT2D eigenvalue weighted by Crippen LogP contribution is 2.42. The lowest BCUT2D eigenvalue weighted by atomic mass is 9.93. The quantitative estimate of drug-likeness (QED) is 0.478. The molecule has 4 rings (SSSR count). The molecule has 0 saturated heterocycles. The van der Waals surface area contributed by atoms with Gasteiger partial charge >= 0.3 is 11.9 Å². The Hall–Kier alpha value is -3.11. The van der Waals surface area contributed by atoms with Crippen LogP contribution in [-0.4, -0.2) is 50.3 Å². The monoisotopic (exact) mass is 444 g/mol. The number of nitrogens with one attached hydrogen (secondary N) is 2. The molecule has 2 aromatic rings. The molecule has 9 nitrogen and oxygen atoms in total. The minimum absolute atomic E-state index is 0.118. The summed E-state index contributed by atoms with van der Waals surface area (Å²) in [4.78, 5) is 31.5. The maximum Gasteiger partial charge on any atom is 0.328 e. The Balaban J connectivity index is 0.000000293. The van der Waals surface area contributed by atoms with E-state index in [1.54, 1.807) is 0 Å². The van der Waals surface area contributed by atoms with Gasteiger partial charge in [0.1, 0.15) is 5.01 Å². The van der Waals surface area contributed by atoms with E-state index in [1.807, 2.05) is 25.1 Å². The summed E-state index contributed by atoms with van der Waals surface area (Å²) in [5.41, 5.74) is 1.94. The maximum atomic E-state index is 12.3. The number of benzene rings is 1. The van der Waals surface area contributed by atoms with Crippen LogP contribution in [0.5, 0.6) is 0 Å². The summed E-state index contributed by atoms with van der Waals surface area (Å²) in [7, 11) is 0. The van der Waals surface area contributed by atoms with Crippen LogP contribution in [0, 0.1) is 6.92 Å². The molecule has 1 aromatic heterocycles. The van der Waals surface area contributed by atoms with Gasteiger partial charge in [-0.3, -0.25) is 10.1 Å². The second kappa shape index (κ2) is 10.3. The summed E-state index contributed by atoms with van der Waals surface area (Å²) in [6, 6.07) is 9.26. The molecule has 2 atom stereocenters. The normalized spacial score (nSPS) is 19.8. The molecular weight excluding hydrogens is 420 g/mol. The Morgan fingerprint density at radius 3 is 2.39 bits per heavy atom. The van der Waals surface area contributed by atoms with Gasteiger partial charge in [-0.1, -0.05) is 29.9 Å². The number of aliphatic carboxylic acids is 2. The van der Waals surface area contributed by atoms with E-state index in [0.717, 1.165) is 11.0 Å². The number of anilines is 1. The Kier molecular flexibility index (Phi) is 7.48. The highest BCUT2D eigenvalue weighted by Gasteiger charge is 2.40. The third-order valence-corrected chi connectivity index (χ3v) is 5.79. The first kappa shape index (κ1) is 22.6. The number of rotatable bonds is 7. The molecule has 0 aliphatic heterocycles. The number of hydrogen-bond donors (Lipinski definition) is 4. The second-order valence-electron chi connectivity index (χ2n) is 7.46. The zero-order chi connectivity index (χ0) is 22.4. The first-order valence-electron chi connectivity index (χ1n) is 9.93. The van der Waals surface area contributed by atoms with E-state index in [1.165, 1.54) is 42.6 Å². The molecule has 0 unspecified atom stereocenters. The molecule has 4 N–H and O–H groups in total. The SMILES string of the molecule is Cc1nnc(NC(=O)c2cccc([C@@H]3C[C@H]3NC3CCC3)c2)s1.O=C(O)/C=C/C(=O)O. The van der Waals surface area contributed by atoms with Crippen molar-refractivity contribution in [2.75, 3.05) is 5.32 Å². The summed E-state index contributed by atoms with van der Waals surface area (Å²) in [5.74, 6) is -2.08. The summed E-state index contributed by atoms with van der Waals surface area (Å²) in [6.45, 7) is 1.87. The molecule has 2 aliphatic carbocycles. The summed E-state index contributed by atoms with van der Waals surface area (Å²) >= 11 is 1.39. The second-order valence-corrected chi connectivity index (χ2v) is 8.64. The van der Waals surface area contributed by atoms with Crippen molar-refractivity contribution in [1.29, 1.82) is 0 Å².